The molecule has 73 heavy (non-hydrogen) atoms. The number of ether oxygens (including phenoxy) is 6. The highest BCUT2D eigenvalue weighted by Gasteiger charge is 2.53. The average molecular weight is 1020 g/mol. The molecule has 5 rings (SSSR count). The monoisotopic (exact) mass is 1020 g/mol. The first-order valence-corrected chi connectivity index (χ1v) is 26.7. The molecule has 4 N–H and O–H groups in total. The molecule has 2 bridgehead atoms. The lowest BCUT2D eigenvalue weighted by Crippen LogP contribution is -2.60. The van der Waals surface area contributed by atoms with Crippen molar-refractivity contribution in [3.8, 4) is 11.5 Å². The lowest BCUT2D eigenvalue weighted by atomic mass is 9.78. The SMILES string of the molecule is COc1ccc(C2C[C@@H]3CC[C@@H](C)[C@@](O)(O3)C(=O)C(=O)N3CCCC[C@H]3C(=O)O[C@H]([C@H](C)C[C@@H]3CC[C@@H](O)[C@H](OC)C3)CC(O)[C@H](C)/C=C(\C)[C@@H](O)[C@@H](OC)C(=O)[C@H](C)C[C@H](C)/C=C/C=CC=C2C)c(OC)c1. The number of carbonyl (C=O) groups is 4. The van der Waals surface area contributed by atoms with Crippen LogP contribution in [0.2, 0.25) is 0 Å². The maximum Gasteiger partial charge on any atom is 0.329 e. The third-order valence-electron chi connectivity index (χ3n) is 16.3. The molecule has 1 aromatic rings. The number of esters is 1. The Balaban J connectivity index is 1.53. The molecule has 2 unspecified atom stereocenters. The van der Waals surface area contributed by atoms with Crippen molar-refractivity contribution in [2.45, 2.75) is 186 Å². The van der Waals surface area contributed by atoms with Crippen molar-refractivity contribution in [1.29, 1.82) is 0 Å². The summed E-state index contributed by atoms with van der Waals surface area (Å²) >= 11 is 0. The van der Waals surface area contributed by atoms with Gasteiger partial charge in [-0.1, -0.05) is 82.7 Å². The number of amides is 1. The Labute approximate surface area is 434 Å². The summed E-state index contributed by atoms with van der Waals surface area (Å²) < 4.78 is 35.4. The van der Waals surface area contributed by atoms with Crippen LogP contribution in [0.15, 0.2) is 65.8 Å². The van der Waals surface area contributed by atoms with Crippen molar-refractivity contribution in [3.63, 3.8) is 0 Å². The van der Waals surface area contributed by atoms with Crippen molar-refractivity contribution in [3.05, 3.63) is 71.4 Å². The molecule has 2 saturated heterocycles. The van der Waals surface area contributed by atoms with Gasteiger partial charge in [-0.25, -0.2) is 4.79 Å². The highest BCUT2D eigenvalue weighted by molar-refractivity contribution is 6.39. The van der Waals surface area contributed by atoms with Gasteiger partial charge in [-0.3, -0.25) is 14.4 Å². The van der Waals surface area contributed by atoms with E-state index >= 15 is 0 Å². The van der Waals surface area contributed by atoms with E-state index in [1.54, 1.807) is 54.2 Å². The maximum absolute atomic E-state index is 14.6. The van der Waals surface area contributed by atoms with Gasteiger partial charge in [0.25, 0.3) is 11.7 Å². The van der Waals surface area contributed by atoms with Crippen molar-refractivity contribution in [2.24, 2.45) is 35.5 Å². The van der Waals surface area contributed by atoms with Gasteiger partial charge in [0.2, 0.25) is 5.79 Å². The van der Waals surface area contributed by atoms with Gasteiger partial charge in [-0.2, -0.15) is 0 Å². The normalized spacial score (nSPS) is 37.0. The number of aliphatic hydroxyl groups is 4. The van der Waals surface area contributed by atoms with Gasteiger partial charge in [0.05, 0.1) is 38.6 Å². The Morgan fingerprint density at radius 1 is 0.808 bits per heavy atom. The standard InChI is InChI=1S/C58H87NO14/c1-34-17-13-12-14-18-35(2)45(44-24-23-42(68-8)32-50(44)69-9)31-43-22-20-40(7)58(67,73-43)55(64)56(65)59-26-16-15-19-46(59)57(66)72-49(37(4)29-41-21-25-47(60)51(30-41)70-10)33-48(61)36(3)28-39(6)53(63)54(71-11)52(62)38(5)27-34/h12-14,17-18,23-24,28,32,34,36-38,40-41,43,45-49,51,53-54,60-61,63,67H,15-16,19-22,25-27,29-31,33H2,1-11H3/b14-12?,17-13+,35-18?,39-28+/t34-,36-,37-,38-,40-,41+,43+,45?,46+,47-,48?,49+,51-,53-,54+,58-/m1/s1. The minimum Gasteiger partial charge on any atom is -0.497 e. The van der Waals surface area contributed by atoms with E-state index in [9.17, 15) is 39.6 Å². The third kappa shape index (κ3) is 15.2. The lowest BCUT2D eigenvalue weighted by molar-refractivity contribution is -0.264. The Morgan fingerprint density at radius 3 is 2.23 bits per heavy atom. The van der Waals surface area contributed by atoms with E-state index in [-0.39, 0.29) is 54.9 Å². The Morgan fingerprint density at radius 2 is 1.55 bits per heavy atom. The summed E-state index contributed by atoms with van der Waals surface area (Å²) in [5.41, 5.74) is 2.21. The van der Waals surface area contributed by atoms with Crippen LogP contribution < -0.4 is 9.47 Å². The van der Waals surface area contributed by atoms with Crippen LogP contribution in [0.4, 0.5) is 0 Å². The Kier molecular flexibility index (Phi) is 22.5. The predicted octanol–water partition coefficient (Wildman–Crippen LogP) is 7.76. The predicted molar refractivity (Wildman–Crippen MR) is 278 cm³/mol. The molecule has 1 aliphatic carbocycles. The lowest BCUT2D eigenvalue weighted by Gasteiger charge is -2.43. The zero-order valence-electron chi connectivity index (χ0n) is 45.4. The summed E-state index contributed by atoms with van der Waals surface area (Å²) in [7, 11) is 6.13. The average Bonchev–Trinajstić information content (AvgIpc) is 3.38. The third-order valence-corrected chi connectivity index (χ3v) is 16.3. The van der Waals surface area contributed by atoms with E-state index in [4.69, 9.17) is 28.4 Å². The summed E-state index contributed by atoms with van der Waals surface area (Å²) in [5.74, 6) is -6.65. The van der Waals surface area contributed by atoms with E-state index in [1.807, 2.05) is 70.2 Å². The Hall–Kier alpha value is -4.22. The van der Waals surface area contributed by atoms with E-state index in [0.29, 0.717) is 74.9 Å². The molecule has 15 nitrogen and oxygen atoms in total. The number of cyclic esters (lactones) is 1. The number of nitrogens with zero attached hydrogens (tertiary/aromatic N) is 1. The number of aliphatic hydroxyl groups excluding tert-OH is 3. The number of Topliss-reactive ketones (excluding diaryl/α,β-unsaturated/α-hetero) is 2. The quantitative estimate of drug-likeness (QED) is 0.112. The first-order valence-electron chi connectivity index (χ1n) is 26.7. The minimum atomic E-state index is -2.48. The number of fused-ring (bicyclic) bond motifs is 3. The molecule has 0 spiro atoms. The summed E-state index contributed by atoms with van der Waals surface area (Å²) in [4.78, 5) is 58.8. The number of carbonyl (C=O) groups excluding carboxylic acids is 4. The second-order valence-electron chi connectivity index (χ2n) is 21.7. The van der Waals surface area contributed by atoms with Gasteiger partial charge in [0.15, 0.2) is 5.78 Å². The smallest absolute Gasteiger partial charge is 0.329 e. The molecule has 15 heteroatoms. The maximum atomic E-state index is 14.6. The molecule has 0 aromatic heterocycles. The van der Waals surface area contributed by atoms with E-state index in [1.165, 1.54) is 12.0 Å². The van der Waals surface area contributed by atoms with Crippen LogP contribution in [0.3, 0.4) is 0 Å². The second kappa shape index (κ2) is 27.5. The fourth-order valence-electron chi connectivity index (χ4n) is 11.5. The molecule has 408 valence electrons. The van der Waals surface area contributed by atoms with Crippen LogP contribution in [0.5, 0.6) is 11.5 Å². The van der Waals surface area contributed by atoms with Crippen molar-refractivity contribution in [1.82, 2.24) is 4.90 Å². The van der Waals surface area contributed by atoms with Crippen molar-refractivity contribution < 1.29 is 68.0 Å². The molecule has 3 fully saturated rings. The number of piperidine rings is 1. The van der Waals surface area contributed by atoms with E-state index in [0.717, 1.165) is 17.6 Å². The summed E-state index contributed by atoms with van der Waals surface area (Å²) in [6.45, 7) is 13.0. The first kappa shape index (κ1) is 59.7. The van der Waals surface area contributed by atoms with Gasteiger partial charge >= 0.3 is 5.97 Å². The van der Waals surface area contributed by atoms with E-state index < -0.39 is 83.9 Å². The number of benzene rings is 1. The largest absolute Gasteiger partial charge is 0.497 e. The molecule has 3 heterocycles. The van der Waals surface area contributed by atoms with Gasteiger partial charge in [-0.15, -0.1) is 0 Å². The molecule has 16 atom stereocenters. The molecule has 1 amide bonds. The van der Waals surface area contributed by atoms with Crippen molar-refractivity contribution >= 4 is 23.4 Å². The van der Waals surface area contributed by atoms with Crippen LogP contribution in [0.1, 0.15) is 137 Å². The molecule has 1 aromatic carbocycles. The number of rotatable bonds is 8. The first-order chi connectivity index (χ1) is 34.7. The fourth-order valence-corrected chi connectivity index (χ4v) is 11.5. The molecular weight excluding hydrogens is 935 g/mol. The minimum absolute atomic E-state index is 0.00188. The number of ketones is 2. The number of allylic oxidation sites excluding steroid dienone is 6. The number of hydrogen-bond donors (Lipinski definition) is 4. The number of methoxy groups -OCH3 is 4. The highest BCUT2D eigenvalue weighted by atomic mass is 16.6. The molecular formula is C58H87NO14. The van der Waals surface area contributed by atoms with Gasteiger partial charge in [-0.05, 0) is 114 Å². The summed E-state index contributed by atoms with van der Waals surface area (Å²) in [5, 5.41) is 46.3. The van der Waals surface area contributed by atoms with Crippen LogP contribution in [0, 0.1) is 35.5 Å². The van der Waals surface area contributed by atoms with Gasteiger partial charge < -0.3 is 53.7 Å². The summed E-state index contributed by atoms with van der Waals surface area (Å²) in [6, 6.07) is 4.43. The van der Waals surface area contributed by atoms with E-state index in [2.05, 4.69) is 0 Å². The molecule has 0 radical (unpaired) electrons. The van der Waals surface area contributed by atoms with Crippen LogP contribution in [0.25, 0.3) is 0 Å². The second-order valence-corrected chi connectivity index (χ2v) is 21.7. The van der Waals surface area contributed by atoms with Gasteiger partial charge in [0.1, 0.15) is 35.9 Å². The zero-order valence-corrected chi connectivity index (χ0v) is 45.4. The zero-order chi connectivity index (χ0) is 53.7. The molecule has 1 saturated carbocycles. The van der Waals surface area contributed by atoms with Crippen LogP contribution >= 0.6 is 0 Å². The van der Waals surface area contributed by atoms with Crippen LogP contribution in [-0.2, 0) is 38.1 Å². The molecule has 3 aliphatic heterocycles. The Bertz CT molecular complexity index is 2130. The topological polar surface area (TPSA) is 208 Å². The van der Waals surface area contributed by atoms with Crippen LogP contribution in [-0.4, -0.2) is 138 Å². The summed E-state index contributed by atoms with van der Waals surface area (Å²) in [6.07, 6.45) is 11.1. The van der Waals surface area contributed by atoms with Crippen molar-refractivity contribution in [2.75, 3.05) is 35.0 Å². The highest BCUT2D eigenvalue weighted by Crippen LogP contribution is 2.43. The fraction of sp³-hybridized carbons (Fsp3) is 0.690. The number of hydrogen-bond acceptors (Lipinski definition) is 14. The van der Waals surface area contributed by atoms with Gasteiger partial charge in [0, 0.05) is 62.5 Å². The molecule has 4 aliphatic rings.